The van der Waals surface area contributed by atoms with E-state index >= 15 is 0 Å². The van der Waals surface area contributed by atoms with Gasteiger partial charge in [-0.2, -0.15) is 0 Å². The Balaban J connectivity index is 1.32. The van der Waals surface area contributed by atoms with E-state index in [-0.39, 0.29) is 5.56 Å². The first-order valence-corrected chi connectivity index (χ1v) is 11.8. The van der Waals surface area contributed by atoms with Crippen LogP contribution in [0.3, 0.4) is 0 Å². The van der Waals surface area contributed by atoms with E-state index in [4.69, 9.17) is 4.74 Å². The summed E-state index contributed by atoms with van der Waals surface area (Å²) >= 11 is 5.38. The van der Waals surface area contributed by atoms with Crippen molar-refractivity contribution in [2.24, 2.45) is 5.92 Å². The van der Waals surface area contributed by atoms with Gasteiger partial charge >= 0.3 is 0 Å². The van der Waals surface area contributed by atoms with Crippen molar-refractivity contribution in [2.45, 2.75) is 32.2 Å². The predicted molar refractivity (Wildman–Crippen MR) is 122 cm³/mol. The highest BCUT2D eigenvalue weighted by molar-refractivity contribution is 9.10. The van der Waals surface area contributed by atoms with Gasteiger partial charge in [0.25, 0.3) is 5.56 Å². The SMILES string of the molecule is COc1cnc2ccc(=O)n(CCN3CCC(CCc4cc(Br)cs4)CC3)c2c1. The lowest BCUT2D eigenvalue weighted by Crippen LogP contribution is -2.37. The van der Waals surface area contributed by atoms with Gasteiger partial charge in [0.2, 0.25) is 0 Å². The van der Waals surface area contributed by atoms with Crippen LogP contribution < -0.4 is 10.3 Å². The maximum atomic E-state index is 12.5. The number of hydrogen-bond acceptors (Lipinski definition) is 5. The van der Waals surface area contributed by atoms with E-state index in [2.05, 4.69) is 37.3 Å². The molecular weight excluding hydrogens is 450 g/mol. The molecule has 1 aliphatic rings. The Kier molecular flexibility index (Phi) is 6.67. The molecule has 0 aliphatic carbocycles. The number of piperidine rings is 1. The third-order valence-corrected chi connectivity index (χ3v) is 7.57. The molecule has 0 amide bonds. The molecule has 0 bridgehead atoms. The summed E-state index contributed by atoms with van der Waals surface area (Å²) in [7, 11) is 1.62. The molecule has 1 aliphatic heterocycles. The van der Waals surface area contributed by atoms with Crippen molar-refractivity contribution < 1.29 is 4.74 Å². The normalized spacial score (nSPS) is 15.8. The Hall–Kier alpha value is -1.70. The van der Waals surface area contributed by atoms with Gasteiger partial charge in [-0.15, -0.1) is 11.3 Å². The molecule has 1 fully saturated rings. The van der Waals surface area contributed by atoms with Crippen LogP contribution in [0.15, 0.2) is 45.1 Å². The molecule has 4 rings (SSSR count). The maximum absolute atomic E-state index is 12.5. The van der Waals surface area contributed by atoms with E-state index in [1.165, 1.54) is 35.0 Å². The van der Waals surface area contributed by atoms with Gasteiger partial charge in [0.05, 0.1) is 24.3 Å². The Morgan fingerprint density at radius 3 is 2.79 bits per heavy atom. The number of ether oxygens (including phenoxy) is 1. The molecular formula is C22H26BrN3O2S. The molecule has 0 saturated carbocycles. The summed E-state index contributed by atoms with van der Waals surface area (Å²) in [4.78, 5) is 20.8. The highest BCUT2D eigenvalue weighted by Gasteiger charge is 2.19. The molecule has 3 aromatic rings. The molecule has 7 heteroatoms. The van der Waals surface area contributed by atoms with Crippen molar-refractivity contribution >= 4 is 38.3 Å². The monoisotopic (exact) mass is 475 g/mol. The van der Waals surface area contributed by atoms with Crippen LogP contribution >= 0.6 is 27.3 Å². The lowest BCUT2D eigenvalue weighted by atomic mass is 9.92. The molecule has 4 heterocycles. The first-order valence-electron chi connectivity index (χ1n) is 10.1. The summed E-state index contributed by atoms with van der Waals surface area (Å²) < 4.78 is 8.31. The number of thiophene rings is 1. The molecule has 0 aromatic carbocycles. The molecule has 29 heavy (non-hydrogen) atoms. The minimum absolute atomic E-state index is 0.0181. The van der Waals surface area contributed by atoms with Gasteiger partial charge in [0, 0.05) is 40.0 Å². The summed E-state index contributed by atoms with van der Waals surface area (Å²) in [6.45, 7) is 3.79. The number of hydrogen-bond donors (Lipinski definition) is 0. The van der Waals surface area contributed by atoms with Gasteiger partial charge in [0.1, 0.15) is 5.75 Å². The van der Waals surface area contributed by atoms with Gasteiger partial charge in [-0.1, -0.05) is 0 Å². The third-order valence-electron chi connectivity index (χ3n) is 5.82. The third kappa shape index (κ3) is 5.08. The van der Waals surface area contributed by atoms with Gasteiger partial charge in [-0.25, -0.2) is 0 Å². The fraction of sp³-hybridized carbons (Fsp3) is 0.455. The van der Waals surface area contributed by atoms with E-state index in [0.29, 0.717) is 12.3 Å². The number of nitrogens with zero attached hydrogens (tertiary/aromatic N) is 3. The molecule has 0 spiro atoms. The summed E-state index contributed by atoms with van der Waals surface area (Å²) in [5.41, 5.74) is 1.68. The smallest absolute Gasteiger partial charge is 0.251 e. The van der Waals surface area contributed by atoms with Crippen LogP contribution in [0.5, 0.6) is 5.75 Å². The van der Waals surface area contributed by atoms with E-state index in [9.17, 15) is 4.79 Å². The van der Waals surface area contributed by atoms with E-state index in [0.717, 1.165) is 36.6 Å². The van der Waals surface area contributed by atoms with Crippen molar-refractivity contribution in [1.29, 1.82) is 0 Å². The fourth-order valence-corrected chi connectivity index (χ4v) is 5.53. The average Bonchev–Trinajstić information content (AvgIpc) is 3.17. The fourth-order valence-electron chi connectivity index (χ4n) is 4.06. The number of fused-ring (bicyclic) bond motifs is 1. The lowest BCUT2D eigenvalue weighted by molar-refractivity contribution is 0.174. The van der Waals surface area contributed by atoms with Gasteiger partial charge < -0.3 is 14.2 Å². The average molecular weight is 476 g/mol. The quantitative estimate of drug-likeness (QED) is 0.501. The van der Waals surface area contributed by atoms with Crippen LogP contribution in [0.4, 0.5) is 0 Å². The number of pyridine rings is 2. The van der Waals surface area contributed by atoms with E-state index in [1.807, 2.05) is 22.0 Å². The number of likely N-dealkylation sites (tertiary alicyclic amines) is 1. The highest BCUT2D eigenvalue weighted by atomic mass is 79.9. The summed E-state index contributed by atoms with van der Waals surface area (Å²) in [5, 5.41) is 2.16. The van der Waals surface area contributed by atoms with Crippen LogP contribution in [0.1, 0.15) is 24.1 Å². The van der Waals surface area contributed by atoms with Crippen LogP contribution in [0.2, 0.25) is 0 Å². The number of aryl methyl sites for hydroxylation is 1. The van der Waals surface area contributed by atoms with Crippen LogP contribution in [0.25, 0.3) is 11.0 Å². The van der Waals surface area contributed by atoms with Crippen molar-refractivity contribution in [2.75, 3.05) is 26.7 Å². The minimum atomic E-state index is 0.0181. The summed E-state index contributed by atoms with van der Waals surface area (Å²) in [6.07, 6.45) is 6.63. The second-order valence-corrected chi connectivity index (χ2v) is 9.57. The number of methoxy groups -OCH3 is 1. The molecule has 5 nitrogen and oxygen atoms in total. The standard InChI is InChI=1S/C22H26BrN3O2S/c1-28-18-13-21-20(24-14-18)4-5-22(27)26(21)11-10-25-8-6-16(7-9-25)2-3-19-12-17(23)15-29-19/h4-5,12-16H,2-3,6-11H2,1H3. The zero-order valence-electron chi connectivity index (χ0n) is 16.6. The Morgan fingerprint density at radius 2 is 2.07 bits per heavy atom. The predicted octanol–water partition coefficient (Wildman–Crippen LogP) is 4.57. The summed E-state index contributed by atoms with van der Waals surface area (Å²) in [6, 6.07) is 7.53. The van der Waals surface area contributed by atoms with Crippen LogP contribution in [-0.4, -0.2) is 41.2 Å². The molecule has 0 unspecified atom stereocenters. The van der Waals surface area contributed by atoms with E-state index in [1.54, 1.807) is 25.4 Å². The maximum Gasteiger partial charge on any atom is 0.251 e. The second-order valence-electron chi connectivity index (χ2n) is 7.66. The summed E-state index contributed by atoms with van der Waals surface area (Å²) in [5.74, 6) is 1.48. The van der Waals surface area contributed by atoms with Crippen molar-refractivity contribution in [3.8, 4) is 5.75 Å². The number of rotatable bonds is 7. The Morgan fingerprint density at radius 1 is 1.24 bits per heavy atom. The first kappa shape index (κ1) is 20.6. The first-order chi connectivity index (χ1) is 14.1. The number of halogens is 1. The minimum Gasteiger partial charge on any atom is -0.495 e. The molecule has 0 atom stereocenters. The van der Waals surface area contributed by atoms with Gasteiger partial charge in [-0.3, -0.25) is 9.78 Å². The molecule has 1 saturated heterocycles. The van der Waals surface area contributed by atoms with Crippen LogP contribution in [0, 0.1) is 5.92 Å². The van der Waals surface area contributed by atoms with Crippen molar-refractivity contribution in [3.05, 3.63) is 55.5 Å². The topological polar surface area (TPSA) is 47.4 Å². The van der Waals surface area contributed by atoms with Crippen molar-refractivity contribution in [1.82, 2.24) is 14.5 Å². The molecule has 0 radical (unpaired) electrons. The highest BCUT2D eigenvalue weighted by Crippen LogP contribution is 2.26. The zero-order valence-corrected chi connectivity index (χ0v) is 19.0. The van der Waals surface area contributed by atoms with Crippen molar-refractivity contribution in [3.63, 3.8) is 0 Å². The zero-order chi connectivity index (χ0) is 20.2. The Labute approximate surface area is 183 Å². The Bertz CT molecular complexity index is 1020. The molecule has 0 N–H and O–H groups in total. The lowest BCUT2D eigenvalue weighted by Gasteiger charge is -2.32. The second kappa shape index (κ2) is 9.41. The number of aromatic nitrogens is 2. The molecule has 154 valence electrons. The van der Waals surface area contributed by atoms with Gasteiger partial charge in [-0.05, 0) is 72.8 Å². The largest absolute Gasteiger partial charge is 0.495 e. The molecule has 3 aromatic heterocycles. The van der Waals surface area contributed by atoms with Crippen LogP contribution in [-0.2, 0) is 13.0 Å². The van der Waals surface area contributed by atoms with E-state index < -0.39 is 0 Å². The van der Waals surface area contributed by atoms with Gasteiger partial charge in [0.15, 0.2) is 0 Å².